The maximum Gasteiger partial charge on any atom is 0.387 e. The Kier molecular flexibility index (Phi) is 7.83. The van der Waals surface area contributed by atoms with Crippen molar-refractivity contribution in [2.24, 2.45) is 0 Å². The molecule has 4 rings (SSSR count). The molecule has 1 aromatic heterocycles. The summed E-state index contributed by atoms with van der Waals surface area (Å²) in [6.45, 7) is -1.68. The van der Waals surface area contributed by atoms with Crippen molar-refractivity contribution in [3.05, 3.63) is 52.1 Å². The minimum absolute atomic E-state index is 0.0225. The zero-order chi connectivity index (χ0) is 26.0. The molecule has 0 bridgehead atoms. The van der Waals surface area contributed by atoms with E-state index in [1.165, 1.54) is 40.4 Å². The molecule has 2 N–H and O–H groups in total. The number of likely N-dealkylation sites (N-methyl/N-ethyl adjacent to an activating group) is 1. The van der Waals surface area contributed by atoms with Gasteiger partial charge in [-0.15, -0.1) is 11.3 Å². The Morgan fingerprint density at radius 2 is 2.03 bits per heavy atom. The summed E-state index contributed by atoms with van der Waals surface area (Å²) in [7, 11) is -0.345. The molecule has 14 heteroatoms. The number of nitrogens with zero attached hydrogens (tertiary/aromatic N) is 3. The van der Waals surface area contributed by atoms with Gasteiger partial charge in [0.1, 0.15) is 16.5 Å². The normalized spacial score (nSPS) is 16.1. The van der Waals surface area contributed by atoms with E-state index in [0.29, 0.717) is 24.5 Å². The van der Waals surface area contributed by atoms with Gasteiger partial charge in [0.2, 0.25) is 0 Å². The summed E-state index contributed by atoms with van der Waals surface area (Å²) in [5.41, 5.74) is 2.57. The molecule has 1 atom stereocenters. The van der Waals surface area contributed by atoms with Gasteiger partial charge >= 0.3 is 6.61 Å². The lowest BCUT2D eigenvalue weighted by Crippen LogP contribution is -2.31. The summed E-state index contributed by atoms with van der Waals surface area (Å²) in [6.07, 6.45) is 0.861. The fourth-order valence-electron chi connectivity index (χ4n) is 3.87. The first kappa shape index (κ1) is 26.3. The van der Waals surface area contributed by atoms with Crippen molar-refractivity contribution < 1.29 is 26.3 Å². The highest BCUT2D eigenvalue weighted by atomic mass is 35.5. The van der Waals surface area contributed by atoms with Crippen LogP contribution in [0.15, 0.2) is 46.1 Å². The Balaban J connectivity index is 1.65. The fourth-order valence-corrected chi connectivity index (χ4v) is 5.79. The molecule has 1 aliphatic rings. The first-order valence-electron chi connectivity index (χ1n) is 10.7. The molecule has 0 spiro atoms. The van der Waals surface area contributed by atoms with E-state index < -0.39 is 27.3 Å². The Bertz CT molecular complexity index is 1330. The minimum Gasteiger partial charge on any atom is -0.435 e. The van der Waals surface area contributed by atoms with Crippen LogP contribution in [0.5, 0.6) is 5.75 Å². The molecule has 0 saturated carbocycles. The molecule has 36 heavy (non-hydrogen) atoms. The molecule has 1 unspecified atom stereocenters. The molecule has 1 saturated heterocycles. The van der Waals surface area contributed by atoms with Crippen LogP contribution in [0.2, 0.25) is 5.02 Å². The van der Waals surface area contributed by atoms with Crippen LogP contribution in [0.1, 0.15) is 6.42 Å². The summed E-state index contributed by atoms with van der Waals surface area (Å²) in [5, 5.41) is 4.42. The number of rotatable bonds is 9. The van der Waals surface area contributed by atoms with Gasteiger partial charge in [-0.1, -0.05) is 11.6 Å². The Hall–Kier alpha value is -2.74. The average molecular weight is 562 g/mol. The molecule has 0 aliphatic carbocycles. The van der Waals surface area contributed by atoms with E-state index in [0.717, 1.165) is 18.6 Å². The summed E-state index contributed by atoms with van der Waals surface area (Å²) in [4.78, 5) is 7.29. The lowest BCUT2D eigenvalue weighted by molar-refractivity contribution is -0.0498. The number of hydrogen-bond donors (Lipinski definition) is 2. The SMILES string of the molecule is CN(C)C1CCN(c2cc(OC(F)F)ccc2Nc2cc(F)c(S(=O)(=O)Nc3cscn3)cc2Cl)C1. The highest BCUT2D eigenvalue weighted by molar-refractivity contribution is 7.92. The lowest BCUT2D eigenvalue weighted by Gasteiger charge is -2.25. The van der Waals surface area contributed by atoms with E-state index in [-0.39, 0.29) is 28.3 Å². The first-order chi connectivity index (χ1) is 17.0. The number of ether oxygens (including phenoxy) is 1. The Labute approximate surface area is 215 Å². The van der Waals surface area contributed by atoms with Gasteiger partial charge < -0.3 is 19.9 Å². The predicted octanol–water partition coefficient (Wildman–Crippen LogP) is 5.22. The van der Waals surface area contributed by atoms with Gasteiger partial charge in [0, 0.05) is 36.6 Å². The number of benzene rings is 2. The first-order valence-corrected chi connectivity index (χ1v) is 13.5. The second kappa shape index (κ2) is 10.7. The molecule has 2 heterocycles. The van der Waals surface area contributed by atoms with Crippen LogP contribution in [0.3, 0.4) is 0 Å². The number of alkyl halides is 2. The van der Waals surface area contributed by atoms with Crippen LogP contribution in [0.4, 0.5) is 36.1 Å². The monoisotopic (exact) mass is 561 g/mol. The number of thiazole rings is 1. The predicted molar refractivity (Wildman–Crippen MR) is 135 cm³/mol. The molecular formula is C22H23ClF3N5O3S2. The molecule has 2 aromatic carbocycles. The highest BCUT2D eigenvalue weighted by Crippen LogP contribution is 2.38. The van der Waals surface area contributed by atoms with Gasteiger partial charge in [0.15, 0.2) is 5.82 Å². The van der Waals surface area contributed by atoms with E-state index >= 15 is 0 Å². The van der Waals surface area contributed by atoms with Gasteiger partial charge in [-0.05, 0) is 38.7 Å². The molecule has 0 radical (unpaired) electrons. The highest BCUT2D eigenvalue weighted by Gasteiger charge is 2.27. The lowest BCUT2D eigenvalue weighted by atomic mass is 10.2. The van der Waals surface area contributed by atoms with Gasteiger partial charge in [0.05, 0.1) is 27.6 Å². The smallest absolute Gasteiger partial charge is 0.387 e. The second-order valence-corrected chi connectivity index (χ2v) is 11.1. The van der Waals surface area contributed by atoms with Crippen molar-refractivity contribution in [1.82, 2.24) is 9.88 Å². The van der Waals surface area contributed by atoms with E-state index in [4.69, 9.17) is 11.6 Å². The number of hydrogen-bond acceptors (Lipinski definition) is 8. The summed E-state index contributed by atoms with van der Waals surface area (Å²) in [6, 6.07) is 6.59. The number of aromatic nitrogens is 1. The van der Waals surface area contributed by atoms with E-state index in [1.807, 2.05) is 19.0 Å². The van der Waals surface area contributed by atoms with Crippen LogP contribution in [0.25, 0.3) is 0 Å². The topological polar surface area (TPSA) is 86.8 Å². The zero-order valence-corrected chi connectivity index (χ0v) is 21.6. The Morgan fingerprint density at radius 1 is 1.25 bits per heavy atom. The van der Waals surface area contributed by atoms with Crippen molar-refractivity contribution in [1.29, 1.82) is 0 Å². The summed E-state index contributed by atoms with van der Waals surface area (Å²) >= 11 is 7.52. The maximum absolute atomic E-state index is 15.0. The van der Waals surface area contributed by atoms with Crippen LogP contribution in [-0.2, 0) is 10.0 Å². The fraction of sp³-hybridized carbons (Fsp3) is 0.318. The van der Waals surface area contributed by atoms with Crippen LogP contribution >= 0.6 is 22.9 Å². The summed E-state index contributed by atoms with van der Waals surface area (Å²) < 4.78 is 72.6. The third kappa shape index (κ3) is 5.97. The van der Waals surface area contributed by atoms with Crippen molar-refractivity contribution in [2.45, 2.75) is 24.0 Å². The molecule has 0 amide bonds. The third-order valence-corrected chi connectivity index (χ3v) is 7.95. The van der Waals surface area contributed by atoms with Crippen LogP contribution in [-0.4, -0.2) is 58.1 Å². The number of halogens is 4. The third-order valence-electron chi connectivity index (χ3n) is 5.68. The molecule has 1 aliphatic heterocycles. The van der Waals surface area contributed by atoms with Crippen molar-refractivity contribution in [3.63, 3.8) is 0 Å². The van der Waals surface area contributed by atoms with Crippen LogP contribution < -0.4 is 19.7 Å². The minimum atomic E-state index is -4.27. The second-order valence-electron chi connectivity index (χ2n) is 8.28. The number of anilines is 4. The van der Waals surface area contributed by atoms with Crippen LogP contribution in [0, 0.1) is 5.82 Å². The van der Waals surface area contributed by atoms with Gasteiger partial charge in [-0.25, -0.2) is 17.8 Å². The maximum atomic E-state index is 15.0. The van der Waals surface area contributed by atoms with Gasteiger partial charge in [-0.3, -0.25) is 4.72 Å². The van der Waals surface area contributed by atoms with Gasteiger partial charge in [0.25, 0.3) is 10.0 Å². The number of sulfonamides is 1. The largest absolute Gasteiger partial charge is 0.435 e. The molecule has 8 nitrogen and oxygen atoms in total. The van der Waals surface area contributed by atoms with Crippen molar-refractivity contribution in [2.75, 3.05) is 42.1 Å². The van der Waals surface area contributed by atoms with Crippen molar-refractivity contribution >= 4 is 55.8 Å². The van der Waals surface area contributed by atoms with E-state index in [9.17, 15) is 21.6 Å². The molecule has 194 valence electrons. The van der Waals surface area contributed by atoms with Gasteiger partial charge in [-0.2, -0.15) is 8.78 Å². The molecular weight excluding hydrogens is 539 g/mol. The quantitative estimate of drug-likeness (QED) is 0.370. The average Bonchev–Trinajstić information content (AvgIpc) is 3.48. The molecule has 1 fully saturated rings. The standard InChI is InChI=1S/C22H23ClF3N5O3S2/c1-30(2)13-5-6-31(10-13)19-7-14(34-22(25)26)3-4-17(19)28-18-9-16(24)20(8-15(18)23)36(32,33)29-21-11-35-12-27-21/h3-4,7-9,11-13,22,28-29H,5-6,10H2,1-2H3. The van der Waals surface area contributed by atoms with E-state index in [1.54, 1.807) is 0 Å². The van der Waals surface area contributed by atoms with Crippen molar-refractivity contribution in [3.8, 4) is 5.75 Å². The number of nitrogens with one attached hydrogen (secondary N) is 2. The Morgan fingerprint density at radius 3 is 2.67 bits per heavy atom. The zero-order valence-electron chi connectivity index (χ0n) is 19.2. The van der Waals surface area contributed by atoms with E-state index in [2.05, 4.69) is 24.7 Å². The summed E-state index contributed by atoms with van der Waals surface area (Å²) in [5.74, 6) is -0.988. The molecule has 3 aromatic rings.